The highest BCUT2D eigenvalue weighted by Crippen LogP contribution is 2.34. The van der Waals surface area contributed by atoms with Gasteiger partial charge in [-0.15, -0.1) is 0 Å². The summed E-state index contributed by atoms with van der Waals surface area (Å²) < 4.78 is 0. The molecular weight excluding hydrogens is 376 g/mol. The fraction of sp³-hybridized carbons (Fsp3) is 0.571. The van der Waals surface area contributed by atoms with Crippen LogP contribution in [0.5, 0.6) is 0 Å². The Morgan fingerprint density at radius 1 is 1.18 bits per heavy atom. The molecule has 1 amide bonds. The highest BCUT2D eigenvalue weighted by atomic mass is 32.2. The number of fused-ring (bicyclic) bond motifs is 1. The highest BCUT2D eigenvalue weighted by Gasteiger charge is 2.34. The summed E-state index contributed by atoms with van der Waals surface area (Å²) in [7, 11) is 0. The molecule has 2 aliphatic rings. The van der Waals surface area contributed by atoms with E-state index in [1.807, 2.05) is 45.0 Å². The normalized spacial score (nSPS) is 18.6. The molecule has 0 saturated heterocycles. The number of nitrogens with two attached hydrogens (primary N) is 1. The summed E-state index contributed by atoms with van der Waals surface area (Å²) in [6, 6.07) is 6.81. The molecule has 1 aliphatic carbocycles. The van der Waals surface area contributed by atoms with Gasteiger partial charge >= 0.3 is 5.97 Å². The summed E-state index contributed by atoms with van der Waals surface area (Å²) in [5.74, 6) is -0.556. The molecule has 1 heterocycles. The van der Waals surface area contributed by atoms with E-state index >= 15 is 0 Å². The topological polar surface area (TPSA) is 101 Å². The molecule has 6 nitrogen and oxygen atoms in total. The average Bonchev–Trinajstić information content (AvgIpc) is 3.44. The summed E-state index contributed by atoms with van der Waals surface area (Å²) in [6.07, 6.45) is 2.47. The summed E-state index contributed by atoms with van der Waals surface area (Å²) >= 11 is 1.20. The molecule has 7 heteroatoms. The fourth-order valence-electron chi connectivity index (χ4n) is 2.83. The summed E-state index contributed by atoms with van der Waals surface area (Å²) in [4.78, 5) is 37.0. The molecule has 1 aromatic rings. The zero-order valence-electron chi connectivity index (χ0n) is 16.8. The Balaban J connectivity index is 0.000000500. The van der Waals surface area contributed by atoms with Gasteiger partial charge < -0.3 is 15.7 Å². The van der Waals surface area contributed by atoms with Crippen molar-refractivity contribution in [2.75, 3.05) is 5.75 Å². The Hall–Kier alpha value is -1.86. The molecule has 1 aromatic carbocycles. The zero-order chi connectivity index (χ0) is 20.9. The van der Waals surface area contributed by atoms with E-state index in [0.29, 0.717) is 18.7 Å². The first-order valence-electron chi connectivity index (χ1n) is 9.61. The lowest BCUT2D eigenvalue weighted by atomic mass is 9.94. The van der Waals surface area contributed by atoms with E-state index in [4.69, 9.17) is 5.73 Å². The Bertz CT molecular complexity index is 719. The third-order valence-electron chi connectivity index (χ3n) is 4.32. The van der Waals surface area contributed by atoms with E-state index in [0.717, 1.165) is 24.0 Å². The lowest BCUT2D eigenvalue weighted by Gasteiger charge is -2.34. The molecule has 1 aliphatic heterocycles. The number of aliphatic carboxylic acids is 1. The summed E-state index contributed by atoms with van der Waals surface area (Å²) in [5.41, 5.74) is 7.34. The van der Waals surface area contributed by atoms with Crippen LogP contribution < -0.4 is 5.73 Å². The average molecular weight is 407 g/mol. The summed E-state index contributed by atoms with van der Waals surface area (Å²) in [6.45, 7) is 6.22. The van der Waals surface area contributed by atoms with E-state index in [1.165, 1.54) is 16.7 Å². The number of benzene rings is 1. The van der Waals surface area contributed by atoms with Crippen molar-refractivity contribution in [1.82, 2.24) is 4.90 Å². The SMILES string of the molecule is CC(C)(C)N.O=C(SCCC(=O)N1Cc2ccccc2CC1C(=O)O)C1CC1. The molecule has 0 radical (unpaired) electrons. The molecule has 0 aromatic heterocycles. The van der Waals surface area contributed by atoms with Gasteiger partial charge in [0, 0.05) is 36.6 Å². The van der Waals surface area contributed by atoms with Gasteiger partial charge in [0.05, 0.1) is 0 Å². The Labute approximate surface area is 170 Å². The molecule has 28 heavy (non-hydrogen) atoms. The van der Waals surface area contributed by atoms with E-state index in [9.17, 15) is 19.5 Å². The number of amides is 1. The van der Waals surface area contributed by atoms with E-state index in [-0.39, 0.29) is 28.9 Å². The zero-order valence-corrected chi connectivity index (χ0v) is 17.6. The van der Waals surface area contributed by atoms with Crippen LogP contribution >= 0.6 is 11.8 Å². The number of nitrogens with zero attached hydrogens (tertiary/aromatic N) is 1. The van der Waals surface area contributed by atoms with Crippen molar-refractivity contribution in [2.24, 2.45) is 11.7 Å². The maximum atomic E-state index is 12.4. The van der Waals surface area contributed by atoms with Gasteiger partial charge in [-0.25, -0.2) is 4.79 Å². The van der Waals surface area contributed by atoms with Gasteiger partial charge in [0.2, 0.25) is 5.91 Å². The number of rotatable bonds is 5. The van der Waals surface area contributed by atoms with Crippen LogP contribution in [0.15, 0.2) is 24.3 Å². The molecule has 1 fully saturated rings. The highest BCUT2D eigenvalue weighted by molar-refractivity contribution is 8.13. The fourth-order valence-corrected chi connectivity index (χ4v) is 3.77. The third kappa shape index (κ3) is 7.28. The third-order valence-corrected chi connectivity index (χ3v) is 5.35. The molecule has 1 unspecified atom stereocenters. The van der Waals surface area contributed by atoms with Crippen molar-refractivity contribution in [3.8, 4) is 0 Å². The largest absolute Gasteiger partial charge is 0.480 e. The van der Waals surface area contributed by atoms with Crippen LogP contribution in [0, 0.1) is 5.92 Å². The van der Waals surface area contributed by atoms with Gasteiger partial charge in [0.1, 0.15) is 6.04 Å². The predicted molar refractivity (Wildman–Crippen MR) is 111 cm³/mol. The van der Waals surface area contributed by atoms with E-state index in [2.05, 4.69) is 0 Å². The number of hydrogen-bond donors (Lipinski definition) is 2. The number of carboxylic acid groups (broad SMARTS) is 1. The van der Waals surface area contributed by atoms with E-state index in [1.54, 1.807) is 0 Å². The van der Waals surface area contributed by atoms with Crippen molar-refractivity contribution < 1.29 is 19.5 Å². The molecule has 3 rings (SSSR count). The van der Waals surface area contributed by atoms with Gasteiger partial charge in [0.25, 0.3) is 0 Å². The molecule has 154 valence electrons. The minimum absolute atomic E-state index is 0. The standard InChI is InChI=1S/C17H19NO4S.C4H11N/c19-15(7-8-23-17(22)11-5-6-11)18-10-13-4-2-1-3-12(13)9-14(18)16(20)21;1-4(2,3)5/h1-4,11,14H,5-10H2,(H,20,21);5H2,1-3H3. The second-order valence-corrected chi connectivity index (χ2v) is 9.51. The molecule has 0 bridgehead atoms. The smallest absolute Gasteiger partial charge is 0.326 e. The number of thioether (sulfide) groups is 1. The van der Waals surface area contributed by atoms with Crippen LogP contribution in [0.25, 0.3) is 0 Å². The Kier molecular flexibility index (Phi) is 7.66. The minimum Gasteiger partial charge on any atom is -0.480 e. The first-order valence-corrected chi connectivity index (χ1v) is 10.6. The van der Waals surface area contributed by atoms with Gasteiger partial charge in [-0.3, -0.25) is 9.59 Å². The quantitative estimate of drug-likeness (QED) is 0.780. The van der Waals surface area contributed by atoms with Crippen LogP contribution in [-0.4, -0.2) is 44.3 Å². The number of carboxylic acids is 1. The number of carbonyl (C=O) groups excluding carboxylic acids is 2. The molecule has 3 N–H and O–H groups in total. The Morgan fingerprint density at radius 3 is 2.29 bits per heavy atom. The van der Waals surface area contributed by atoms with Crippen molar-refractivity contribution >= 4 is 28.8 Å². The molecule has 1 saturated carbocycles. The van der Waals surface area contributed by atoms with Crippen LogP contribution in [0.2, 0.25) is 0 Å². The first-order chi connectivity index (χ1) is 13.1. The van der Waals surface area contributed by atoms with Gasteiger partial charge in [-0.1, -0.05) is 36.0 Å². The van der Waals surface area contributed by atoms with Crippen molar-refractivity contribution in [1.29, 1.82) is 0 Å². The second kappa shape index (κ2) is 9.56. The number of carbonyl (C=O) groups is 3. The molecule has 0 spiro atoms. The van der Waals surface area contributed by atoms with Gasteiger partial charge in [-0.05, 0) is 44.7 Å². The lowest BCUT2D eigenvalue weighted by molar-refractivity contribution is -0.151. The van der Waals surface area contributed by atoms with Gasteiger partial charge in [0.15, 0.2) is 5.12 Å². The van der Waals surface area contributed by atoms with Crippen molar-refractivity contribution in [2.45, 2.75) is 64.6 Å². The van der Waals surface area contributed by atoms with Crippen LogP contribution in [0.3, 0.4) is 0 Å². The summed E-state index contributed by atoms with van der Waals surface area (Å²) in [5, 5.41) is 9.59. The number of hydrogen-bond acceptors (Lipinski definition) is 5. The molecule has 1 atom stereocenters. The second-order valence-electron chi connectivity index (χ2n) is 8.41. The predicted octanol–water partition coefficient (Wildman–Crippen LogP) is 2.83. The molecular formula is C21H30N2O4S. The van der Waals surface area contributed by atoms with Crippen molar-refractivity contribution in [3.05, 3.63) is 35.4 Å². The lowest BCUT2D eigenvalue weighted by Crippen LogP contribution is -2.48. The van der Waals surface area contributed by atoms with Crippen LogP contribution in [-0.2, 0) is 27.3 Å². The van der Waals surface area contributed by atoms with Gasteiger partial charge in [-0.2, -0.15) is 0 Å². The van der Waals surface area contributed by atoms with E-state index < -0.39 is 12.0 Å². The Morgan fingerprint density at radius 2 is 1.75 bits per heavy atom. The first kappa shape index (κ1) is 22.4. The minimum atomic E-state index is -0.977. The maximum absolute atomic E-state index is 12.4. The van der Waals surface area contributed by atoms with Crippen LogP contribution in [0.4, 0.5) is 0 Å². The van der Waals surface area contributed by atoms with Crippen LogP contribution in [0.1, 0.15) is 51.2 Å². The van der Waals surface area contributed by atoms with Crippen molar-refractivity contribution in [3.63, 3.8) is 0 Å². The maximum Gasteiger partial charge on any atom is 0.326 e. The monoisotopic (exact) mass is 406 g/mol.